The van der Waals surface area contributed by atoms with Gasteiger partial charge in [-0.15, -0.1) is 0 Å². The molecule has 2 nitrogen and oxygen atoms in total. The molecule has 66 valence electrons. The molecule has 0 fully saturated rings. The van der Waals surface area contributed by atoms with Crippen LogP contribution in [-0.2, 0) is 16.8 Å². The first kappa shape index (κ1) is 9.99. The number of halogens is 2. The quantitative estimate of drug-likeness (QED) is 0.723. The van der Waals surface area contributed by atoms with Gasteiger partial charge in [-0.3, -0.25) is 4.21 Å². The van der Waals surface area contributed by atoms with E-state index in [4.69, 9.17) is 23.2 Å². The Morgan fingerprint density at radius 2 is 2.08 bits per heavy atom. The van der Waals surface area contributed by atoms with Crippen molar-refractivity contribution in [2.45, 2.75) is 5.75 Å². The zero-order chi connectivity index (χ0) is 9.14. The van der Waals surface area contributed by atoms with Gasteiger partial charge in [-0.25, -0.2) is 0 Å². The van der Waals surface area contributed by atoms with Gasteiger partial charge in [0.25, 0.3) is 0 Å². The molecule has 0 aliphatic rings. The molecule has 0 N–H and O–H groups in total. The van der Waals surface area contributed by atoms with Crippen LogP contribution >= 0.6 is 23.2 Å². The van der Waals surface area contributed by atoms with E-state index in [1.54, 1.807) is 18.2 Å². The molecule has 12 heavy (non-hydrogen) atoms. The number of hydrogen-bond donors (Lipinski definition) is 0. The van der Waals surface area contributed by atoms with Crippen molar-refractivity contribution in [2.24, 2.45) is 0 Å². The van der Waals surface area contributed by atoms with Gasteiger partial charge < -0.3 is 4.55 Å². The van der Waals surface area contributed by atoms with E-state index in [0.717, 1.165) is 0 Å². The lowest BCUT2D eigenvalue weighted by Gasteiger charge is -2.06. The van der Waals surface area contributed by atoms with E-state index in [9.17, 15) is 8.76 Å². The second-order valence-corrected chi connectivity index (χ2v) is 3.92. The van der Waals surface area contributed by atoms with Crippen LogP contribution in [0, 0.1) is 0 Å². The van der Waals surface area contributed by atoms with Crippen LogP contribution in [0.1, 0.15) is 5.56 Å². The van der Waals surface area contributed by atoms with E-state index in [1.165, 1.54) is 0 Å². The summed E-state index contributed by atoms with van der Waals surface area (Å²) in [5.74, 6) is -0.0978. The zero-order valence-electron chi connectivity index (χ0n) is 5.92. The van der Waals surface area contributed by atoms with Crippen LogP contribution in [0.3, 0.4) is 0 Å². The van der Waals surface area contributed by atoms with Crippen molar-refractivity contribution >= 4 is 34.3 Å². The standard InChI is InChI=1S/C7H6Cl2O2S/c8-6-1-2-7(9)5(3-6)4-12(10)11/h1-3H,4H2,(H,10,11)/p-1. The van der Waals surface area contributed by atoms with Crippen molar-refractivity contribution < 1.29 is 8.76 Å². The van der Waals surface area contributed by atoms with Crippen LogP contribution in [0.5, 0.6) is 0 Å². The third-order valence-electron chi connectivity index (χ3n) is 1.28. The molecule has 5 heteroatoms. The summed E-state index contributed by atoms with van der Waals surface area (Å²) in [5, 5.41) is 0.906. The molecule has 0 amide bonds. The second kappa shape index (κ2) is 4.23. The second-order valence-electron chi connectivity index (χ2n) is 2.18. The molecular weight excluding hydrogens is 219 g/mol. The first-order valence-electron chi connectivity index (χ1n) is 3.09. The minimum Gasteiger partial charge on any atom is -0.772 e. The Morgan fingerprint density at radius 3 is 2.67 bits per heavy atom. The Balaban J connectivity index is 2.97. The topological polar surface area (TPSA) is 40.1 Å². The van der Waals surface area contributed by atoms with Crippen LogP contribution in [-0.4, -0.2) is 8.76 Å². The maximum absolute atomic E-state index is 10.3. The van der Waals surface area contributed by atoms with Crippen molar-refractivity contribution in [2.75, 3.05) is 0 Å². The molecule has 0 aromatic heterocycles. The van der Waals surface area contributed by atoms with E-state index in [1.807, 2.05) is 0 Å². The van der Waals surface area contributed by atoms with Crippen LogP contribution in [0.25, 0.3) is 0 Å². The van der Waals surface area contributed by atoms with Gasteiger partial charge in [0.2, 0.25) is 0 Å². The average molecular weight is 224 g/mol. The van der Waals surface area contributed by atoms with Crippen molar-refractivity contribution in [3.8, 4) is 0 Å². The van der Waals surface area contributed by atoms with Crippen LogP contribution in [0.4, 0.5) is 0 Å². The molecular formula is C7H5Cl2O2S-. The third-order valence-corrected chi connectivity index (χ3v) is 2.43. The SMILES string of the molecule is O=S([O-])Cc1cc(Cl)ccc1Cl. The minimum absolute atomic E-state index is 0.0978. The number of benzene rings is 1. The predicted molar refractivity (Wildman–Crippen MR) is 49.1 cm³/mol. The summed E-state index contributed by atoms with van der Waals surface area (Å²) < 4.78 is 20.7. The van der Waals surface area contributed by atoms with Gasteiger partial charge in [-0.1, -0.05) is 34.3 Å². The molecule has 1 rings (SSSR count). The molecule has 0 bridgehead atoms. The molecule has 1 aromatic rings. The lowest BCUT2D eigenvalue weighted by atomic mass is 10.2. The molecule has 0 aliphatic heterocycles. The lowest BCUT2D eigenvalue weighted by Crippen LogP contribution is -1.93. The van der Waals surface area contributed by atoms with Gasteiger partial charge in [0, 0.05) is 15.8 Å². The highest BCUT2D eigenvalue weighted by Gasteiger charge is 2.00. The first-order valence-corrected chi connectivity index (χ1v) is 5.09. The van der Waals surface area contributed by atoms with Gasteiger partial charge in [-0.2, -0.15) is 0 Å². The van der Waals surface area contributed by atoms with E-state index in [2.05, 4.69) is 0 Å². The summed E-state index contributed by atoms with van der Waals surface area (Å²) in [6.45, 7) is 0. The highest BCUT2D eigenvalue weighted by molar-refractivity contribution is 7.78. The molecule has 1 aromatic carbocycles. The van der Waals surface area contributed by atoms with Crippen LogP contribution < -0.4 is 0 Å². The molecule has 0 saturated carbocycles. The van der Waals surface area contributed by atoms with Gasteiger partial charge in [-0.05, 0) is 23.8 Å². The van der Waals surface area contributed by atoms with Gasteiger partial charge in [0.15, 0.2) is 0 Å². The van der Waals surface area contributed by atoms with Crippen LogP contribution in [0.15, 0.2) is 18.2 Å². The van der Waals surface area contributed by atoms with Crippen molar-refractivity contribution in [3.63, 3.8) is 0 Å². The number of rotatable bonds is 2. The fourth-order valence-electron chi connectivity index (χ4n) is 0.781. The summed E-state index contributed by atoms with van der Waals surface area (Å²) in [6, 6.07) is 4.73. The smallest absolute Gasteiger partial charge is 0.0447 e. The van der Waals surface area contributed by atoms with E-state index in [-0.39, 0.29) is 5.75 Å². The average Bonchev–Trinajstić information content (AvgIpc) is 1.96. The minimum atomic E-state index is -2.13. The van der Waals surface area contributed by atoms with E-state index >= 15 is 0 Å². The van der Waals surface area contributed by atoms with Gasteiger partial charge in [0.05, 0.1) is 0 Å². The summed E-state index contributed by atoms with van der Waals surface area (Å²) in [7, 11) is 0. The summed E-state index contributed by atoms with van der Waals surface area (Å²) in [6.07, 6.45) is 0. The summed E-state index contributed by atoms with van der Waals surface area (Å²) in [4.78, 5) is 0. The highest BCUT2D eigenvalue weighted by atomic mass is 35.5. The fraction of sp³-hybridized carbons (Fsp3) is 0.143. The number of hydrogen-bond acceptors (Lipinski definition) is 2. The largest absolute Gasteiger partial charge is 0.772 e. The maximum atomic E-state index is 10.3. The van der Waals surface area contributed by atoms with Crippen molar-refractivity contribution in [3.05, 3.63) is 33.8 Å². The molecule has 0 spiro atoms. The van der Waals surface area contributed by atoms with Crippen molar-refractivity contribution in [1.82, 2.24) is 0 Å². The normalized spacial score (nSPS) is 12.9. The Bertz CT molecular complexity index is 314. The molecule has 1 unspecified atom stereocenters. The highest BCUT2D eigenvalue weighted by Crippen LogP contribution is 2.21. The Hall–Kier alpha value is -0.0900. The third kappa shape index (κ3) is 2.75. The maximum Gasteiger partial charge on any atom is 0.0447 e. The summed E-state index contributed by atoms with van der Waals surface area (Å²) in [5.41, 5.74) is 0.525. The summed E-state index contributed by atoms with van der Waals surface area (Å²) >= 11 is 9.22. The Kier molecular flexibility index (Phi) is 3.53. The molecule has 1 atom stereocenters. The van der Waals surface area contributed by atoms with Gasteiger partial charge in [0.1, 0.15) is 0 Å². The molecule has 0 saturated heterocycles. The fourth-order valence-corrected chi connectivity index (χ4v) is 1.73. The monoisotopic (exact) mass is 223 g/mol. The predicted octanol–water partition coefficient (Wildman–Crippen LogP) is 2.37. The lowest BCUT2D eigenvalue weighted by molar-refractivity contribution is 0.536. The molecule has 0 aliphatic carbocycles. The zero-order valence-corrected chi connectivity index (χ0v) is 8.25. The Morgan fingerprint density at radius 1 is 1.42 bits per heavy atom. The molecule has 0 radical (unpaired) electrons. The Labute approximate surface area is 82.8 Å². The van der Waals surface area contributed by atoms with Gasteiger partial charge >= 0.3 is 0 Å². The van der Waals surface area contributed by atoms with Crippen molar-refractivity contribution in [1.29, 1.82) is 0 Å². The van der Waals surface area contributed by atoms with E-state index in [0.29, 0.717) is 15.6 Å². The first-order chi connectivity index (χ1) is 5.59. The molecule has 0 heterocycles. The van der Waals surface area contributed by atoms with E-state index < -0.39 is 11.1 Å². The van der Waals surface area contributed by atoms with Crippen LogP contribution in [0.2, 0.25) is 10.0 Å².